The van der Waals surface area contributed by atoms with E-state index in [2.05, 4.69) is 5.32 Å². The molecule has 2 rings (SSSR count). The molecule has 1 aromatic rings. The summed E-state index contributed by atoms with van der Waals surface area (Å²) in [5, 5.41) is 12.1. The lowest BCUT2D eigenvalue weighted by molar-refractivity contribution is -0.148. The molecule has 0 unspecified atom stereocenters. The van der Waals surface area contributed by atoms with E-state index in [1.54, 1.807) is 6.07 Å². The summed E-state index contributed by atoms with van der Waals surface area (Å²) >= 11 is 0. The quantitative estimate of drug-likeness (QED) is 0.819. The van der Waals surface area contributed by atoms with Crippen molar-refractivity contribution in [1.29, 1.82) is 0 Å². The molecule has 1 amide bonds. The fourth-order valence-electron chi connectivity index (χ4n) is 2.73. The Morgan fingerprint density at radius 2 is 1.82 bits per heavy atom. The third kappa shape index (κ3) is 3.96. The van der Waals surface area contributed by atoms with Crippen LogP contribution < -0.4 is 10.1 Å². The highest BCUT2D eigenvalue weighted by atomic mass is 19.1. The second kappa shape index (κ2) is 7.24. The Kier molecular flexibility index (Phi) is 5.35. The fraction of sp³-hybridized carbons (Fsp3) is 0.500. The highest BCUT2D eigenvalue weighted by molar-refractivity contribution is 5.87. The molecule has 1 fully saturated rings. The molecule has 0 radical (unpaired) electrons. The van der Waals surface area contributed by atoms with E-state index in [0.717, 1.165) is 25.7 Å². The predicted molar refractivity (Wildman–Crippen MR) is 78.1 cm³/mol. The number of nitrogens with one attached hydrogen (secondary N) is 1. The Bertz CT molecular complexity index is 539. The lowest BCUT2D eigenvalue weighted by Crippen LogP contribution is -2.55. The van der Waals surface area contributed by atoms with Crippen molar-refractivity contribution in [1.82, 2.24) is 5.32 Å². The molecule has 0 aliphatic heterocycles. The SMILES string of the molecule is O=C(COc1ccccc1F)NC1(C(=O)O)CCCCCC1. The van der Waals surface area contributed by atoms with Gasteiger partial charge < -0.3 is 15.2 Å². The Morgan fingerprint density at radius 3 is 2.41 bits per heavy atom. The van der Waals surface area contributed by atoms with Crippen LogP contribution in [-0.2, 0) is 9.59 Å². The van der Waals surface area contributed by atoms with Crippen LogP contribution in [0, 0.1) is 5.82 Å². The van der Waals surface area contributed by atoms with Crippen LogP contribution in [-0.4, -0.2) is 29.1 Å². The summed E-state index contributed by atoms with van der Waals surface area (Å²) in [7, 11) is 0. The Hall–Kier alpha value is -2.11. The highest BCUT2D eigenvalue weighted by Crippen LogP contribution is 2.27. The standard InChI is InChI=1S/C16H20FNO4/c17-12-7-3-4-8-13(12)22-11-14(19)18-16(15(20)21)9-5-1-2-6-10-16/h3-4,7-8H,1-2,5-6,9-11H2,(H,18,19)(H,20,21). The zero-order valence-electron chi connectivity index (χ0n) is 12.3. The number of benzene rings is 1. The van der Waals surface area contributed by atoms with Crippen molar-refractivity contribution in [2.45, 2.75) is 44.1 Å². The lowest BCUT2D eigenvalue weighted by atomic mass is 9.90. The molecule has 0 atom stereocenters. The van der Waals surface area contributed by atoms with Crippen molar-refractivity contribution in [3.8, 4) is 5.75 Å². The van der Waals surface area contributed by atoms with Crippen LogP contribution in [0.5, 0.6) is 5.75 Å². The van der Waals surface area contributed by atoms with Crippen LogP contribution in [0.2, 0.25) is 0 Å². The van der Waals surface area contributed by atoms with Crippen molar-refractivity contribution >= 4 is 11.9 Å². The minimum Gasteiger partial charge on any atom is -0.481 e. The fourth-order valence-corrected chi connectivity index (χ4v) is 2.73. The number of para-hydroxylation sites is 1. The van der Waals surface area contributed by atoms with E-state index in [0.29, 0.717) is 12.8 Å². The summed E-state index contributed by atoms with van der Waals surface area (Å²) in [6.07, 6.45) is 4.29. The smallest absolute Gasteiger partial charge is 0.329 e. The van der Waals surface area contributed by atoms with Crippen molar-refractivity contribution in [3.05, 3.63) is 30.1 Å². The van der Waals surface area contributed by atoms with Crippen LogP contribution in [0.25, 0.3) is 0 Å². The summed E-state index contributed by atoms with van der Waals surface area (Å²) in [4.78, 5) is 23.6. The van der Waals surface area contributed by atoms with Crippen LogP contribution in [0.1, 0.15) is 38.5 Å². The summed E-state index contributed by atoms with van der Waals surface area (Å²) in [6, 6.07) is 5.77. The third-order valence-corrected chi connectivity index (χ3v) is 3.94. The molecular formula is C16H20FNO4. The van der Waals surface area contributed by atoms with Gasteiger partial charge in [0.15, 0.2) is 18.2 Å². The molecule has 1 aliphatic rings. The van der Waals surface area contributed by atoms with Gasteiger partial charge in [-0.05, 0) is 25.0 Å². The molecule has 1 aromatic carbocycles. The maximum Gasteiger partial charge on any atom is 0.329 e. The number of hydrogen-bond donors (Lipinski definition) is 2. The maximum absolute atomic E-state index is 13.4. The summed E-state index contributed by atoms with van der Waals surface area (Å²) in [6.45, 7) is -0.407. The molecule has 1 saturated carbocycles. The molecule has 0 bridgehead atoms. The lowest BCUT2D eigenvalue weighted by Gasteiger charge is -2.29. The first kappa shape index (κ1) is 16.3. The van der Waals surface area contributed by atoms with Crippen LogP contribution in [0.3, 0.4) is 0 Å². The number of carbonyl (C=O) groups is 2. The van der Waals surface area contributed by atoms with Gasteiger partial charge in [-0.2, -0.15) is 0 Å². The third-order valence-electron chi connectivity index (χ3n) is 3.94. The number of carbonyl (C=O) groups excluding carboxylic acids is 1. The number of halogens is 1. The van der Waals surface area contributed by atoms with Crippen molar-refractivity contribution in [2.75, 3.05) is 6.61 Å². The van der Waals surface area contributed by atoms with Gasteiger partial charge in [0.25, 0.3) is 5.91 Å². The normalized spacial score (nSPS) is 17.3. The number of hydrogen-bond acceptors (Lipinski definition) is 3. The average molecular weight is 309 g/mol. The number of carboxylic acids is 1. The molecule has 0 spiro atoms. The van der Waals surface area contributed by atoms with E-state index in [4.69, 9.17) is 4.74 Å². The zero-order valence-corrected chi connectivity index (χ0v) is 12.3. The first-order chi connectivity index (χ1) is 10.5. The van der Waals surface area contributed by atoms with E-state index in [1.165, 1.54) is 18.2 Å². The van der Waals surface area contributed by atoms with E-state index < -0.39 is 29.8 Å². The van der Waals surface area contributed by atoms with E-state index in [9.17, 15) is 19.1 Å². The molecule has 22 heavy (non-hydrogen) atoms. The minimum atomic E-state index is -1.23. The first-order valence-electron chi connectivity index (χ1n) is 7.45. The zero-order chi connectivity index (χ0) is 16.0. The second-order valence-corrected chi connectivity index (χ2v) is 5.57. The molecule has 0 aromatic heterocycles. The highest BCUT2D eigenvalue weighted by Gasteiger charge is 2.40. The van der Waals surface area contributed by atoms with Crippen molar-refractivity contribution < 1.29 is 23.8 Å². The van der Waals surface area contributed by atoms with Gasteiger partial charge in [-0.25, -0.2) is 9.18 Å². The Labute approximate surface area is 128 Å². The van der Waals surface area contributed by atoms with Gasteiger partial charge in [0.1, 0.15) is 5.54 Å². The van der Waals surface area contributed by atoms with Gasteiger partial charge in [0.05, 0.1) is 0 Å². The summed E-state index contributed by atoms with van der Waals surface area (Å²) < 4.78 is 18.5. The first-order valence-corrected chi connectivity index (χ1v) is 7.45. The van der Waals surface area contributed by atoms with Gasteiger partial charge in [-0.15, -0.1) is 0 Å². The Morgan fingerprint density at radius 1 is 1.18 bits per heavy atom. The van der Waals surface area contributed by atoms with Crippen LogP contribution in [0.15, 0.2) is 24.3 Å². The van der Waals surface area contributed by atoms with E-state index in [1.807, 2.05) is 0 Å². The average Bonchev–Trinajstić information content (AvgIpc) is 2.73. The monoisotopic (exact) mass is 309 g/mol. The van der Waals surface area contributed by atoms with E-state index in [-0.39, 0.29) is 5.75 Å². The van der Waals surface area contributed by atoms with Crippen LogP contribution >= 0.6 is 0 Å². The molecule has 120 valence electrons. The topological polar surface area (TPSA) is 75.6 Å². The second-order valence-electron chi connectivity index (χ2n) is 5.57. The number of ether oxygens (including phenoxy) is 1. The molecule has 0 heterocycles. The number of rotatable bonds is 5. The van der Waals surface area contributed by atoms with Crippen molar-refractivity contribution in [2.24, 2.45) is 0 Å². The number of aliphatic carboxylic acids is 1. The van der Waals surface area contributed by atoms with E-state index >= 15 is 0 Å². The van der Waals surface area contributed by atoms with Gasteiger partial charge in [0.2, 0.25) is 0 Å². The molecule has 5 nitrogen and oxygen atoms in total. The molecule has 2 N–H and O–H groups in total. The van der Waals surface area contributed by atoms with Crippen molar-refractivity contribution in [3.63, 3.8) is 0 Å². The maximum atomic E-state index is 13.4. The molecule has 6 heteroatoms. The summed E-state index contributed by atoms with van der Waals surface area (Å²) in [5.41, 5.74) is -1.23. The predicted octanol–water partition coefficient (Wildman–Crippen LogP) is 2.50. The van der Waals surface area contributed by atoms with Gasteiger partial charge in [0, 0.05) is 0 Å². The van der Waals surface area contributed by atoms with Gasteiger partial charge in [-0.1, -0.05) is 37.8 Å². The number of amides is 1. The molecule has 0 saturated heterocycles. The summed E-state index contributed by atoms with van der Waals surface area (Å²) in [5.74, 6) is -2.15. The van der Waals surface area contributed by atoms with Gasteiger partial charge >= 0.3 is 5.97 Å². The molecular weight excluding hydrogens is 289 g/mol. The number of carboxylic acid groups (broad SMARTS) is 1. The largest absolute Gasteiger partial charge is 0.481 e. The van der Waals surface area contributed by atoms with Crippen LogP contribution in [0.4, 0.5) is 4.39 Å². The Balaban J connectivity index is 1.97. The van der Waals surface area contributed by atoms with Gasteiger partial charge in [-0.3, -0.25) is 4.79 Å². The minimum absolute atomic E-state index is 0.0251. The molecule has 1 aliphatic carbocycles.